The normalized spacial score (nSPS) is 10.7. The number of hydrogen-bond acceptors (Lipinski definition) is 1. The van der Waals surface area contributed by atoms with E-state index in [9.17, 15) is 0 Å². The summed E-state index contributed by atoms with van der Waals surface area (Å²) in [5.74, 6) is 0.832. The van der Waals surface area contributed by atoms with Crippen molar-refractivity contribution < 1.29 is 0 Å². The summed E-state index contributed by atoms with van der Waals surface area (Å²) in [7, 11) is 0. The molecule has 0 unspecified atom stereocenters. The van der Waals surface area contributed by atoms with Crippen molar-refractivity contribution in [3.05, 3.63) is 0 Å². The lowest BCUT2D eigenvalue weighted by Gasteiger charge is -2.01. The minimum Gasteiger partial charge on any atom is -0.330 e. The lowest BCUT2D eigenvalue weighted by Crippen LogP contribution is -1.97. The molecule has 0 spiro atoms. The van der Waals surface area contributed by atoms with Crippen molar-refractivity contribution in [2.24, 2.45) is 5.73 Å². The number of rotatable bonds is 11. The van der Waals surface area contributed by atoms with Crippen molar-refractivity contribution in [1.29, 1.82) is 0 Å². The zero-order chi connectivity index (χ0) is 10.5. The van der Waals surface area contributed by atoms with E-state index in [0.29, 0.717) is 0 Å². The SMILES string of the molecule is NCCCCCCCCCCCCCl. The maximum absolute atomic E-state index is 5.60. The highest BCUT2D eigenvalue weighted by molar-refractivity contribution is 6.17. The van der Waals surface area contributed by atoms with E-state index in [1.54, 1.807) is 0 Å². The zero-order valence-electron chi connectivity index (χ0n) is 9.44. The highest BCUT2D eigenvalue weighted by Gasteiger charge is 1.91. The molecule has 0 aromatic carbocycles. The summed E-state index contributed by atoms with van der Waals surface area (Å²) in [6.07, 6.45) is 13.4. The molecule has 14 heavy (non-hydrogen) atoms. The van der Waals surface area contributed by atoms with E-state index in [-0.39, 0.29) is 0 Å². The van der Waals surface area contributed by atoms with Gasteiger partial charge in [0, 0.05) is 5.88 Å². The average molecular weight is 220 g/mol. The molecular formula is C12H26ClN. The minimum absolute atomic E-state index is 0.832. The van der Waals surface area contributed by atoms with Crippen molar-refractivity contribution in [2.75, 3.05) is 12.4 Å². The zero-order valence-corrected chi connectivity index (χ0v) is 10.2. The number of alkyl halides is 1. The van der Waals surface area contributed by atoms with Gasteiger partial charge in [0.25, 0.3) is 0 Å². The van der Waals surface area contributed by atoms with Gasteiger partial charge in [-0.05, 0) is 19.4 Å². The summed E-state index contributed by atoms with van der Waals surface area (Å²) < 4.78 is 0. The molecule has 0 bridgehead atoms. The first-order chi connectivity index (χ1) is 6.91. The van der Waals surface area contributed by atoms with Crippen LogP contribution in [0.15, 0.2) is 0 Å². The Morgan fingerprint density at radius 1 is 0.571 bits per heavy atom. The van der Waals surface area contributed by atoms with E-state index in [0.717, 1.165) is 12.4 Å². The van der Waals surface area contributed by atoms with Crippen molar-refractivity contribution >= 4 is 11.6 Å². The minimum atomic E-state index is 0.832. The van der Waals surface area contributed by atoms with Gasteiger partial charge in [-0.2, -0.15) is 0 Å². The standard InChI is InChI=1S/C12H26ClN/c13-11-9-7-5-3-1-2-4-6-8-10-12-14/h1-12,14H2. The Morgan fingerprint density at radius 3 is 1.29 bits per heavy atom. The average Bonchev–Trinajstić information content (AvgIpc) is 2.21. The second-order valence-corrected chi connectivity index (χ2v) is 4.39. The Balaban J connectivity index is 2.78. The van der Waals surface area contributed by atoms with Crippen LogP contribution in [0.4, 0.5) is 0 Å². The van der Waals surface area contributed by atoms with Gasteiger partial charge in [-0.1, -0.05) is 51.4 Å². The van der Waals surface area contributed by atoms with Gasteiger partial charge >= 0.3 is 0 Å². The Hall–Kier alpha value is 0.250. The topological polar surface area (TPSA) is 26.0 Å². The van der Waals surface area contributed by atoms with Gasteiger partial charge < -0.3 is 5.73 Å². The molecule has 0 fully saturated rings. The van der Waals surface area contributed by atoms with Gasteiger partial charge in [-0.3, -0.25) is 0 Å². The van der Waals surface area contributed by atoms with Crippen molar-refractivity contribution in [1.82, 2.24) is 0 Å². The molecular weight excluding hydrogens is 194 g/mol. The van der Waals surface area contributed by atoms with Crippen molar-refractivity contribution in [3.8, 4) is 0 Å². The molecule has 0 atom stereocenters. The van der Waals surface area contributed by atoms with Crippen LogP contribution in [0.1, 0.15) is 64.2 Å². The van der Waals surface area contributed by atoms with Gasteiger partial charge in [0.05, 0.1) is 0 Å². The first-order valence-electron chi connectivity index (χ1n) is 6.18. The van der Waals surface area contributed by atoms with Gasteiger partial charge in [0.15, 0.2) is 0 Å². The van der Waals surface area contributed by atoms with Crippen LogP contribution in [0, 0.1) is 0 Å². The molecule has 86 valence electrons. The predicted molar refractivity (Wildman–Crippen MR) is 65.9 cm³/mol. The van der Waals surface area contributed by atoms with Gasteiger partial charge in [-0.25, -0.2) is 0 Å². The number of unbranched alkanes of at least 4 members (excludes halogenated alkanes) is 9. The molecule has 0 heterocycles. The molecule has 0 radical (unpaired) electrons. The quantitative estimate of drug-likeness (QED) is 0.411. The Labute approximate surface area is 94.4 Å². The fourth-order valence-electron chi connectivity index (χ4n) is 1.65. The fraction of sp³-hybridized carbons (Fsp3) is 1.00. The van der Waals surface area contributed by atoms with Crippen molar-refractivity contribution in [3.63, 3.8) is 0 Å². The van der Waals surface area contributed by atoms with Crippen LogP contribution in [0.5, 0.6) is 0 Å². The van der Waals surface area contributed by atoms with Gasteiger partial charge in [0.2, 0.25) is 0 Å². The number of hydrogen-bond donors (Lipinski definition) is 1. The summed E-state index contributed by atoms with van der Waals surface area (Å²) in [6.45, 7) is 0.860. The maximum Gasteiger partial charge on any atom is 0.0223 e. The molecule has 0 aliphatic rings. The van der Waals surface area contributed by atoms with Crippen LogP contribution < -0.4 is 5.73 Å². The molecule has 0 aromatic rings. The van der Waals surface area contributed by atoms with E-state index in [1.165, 1.54) is 64.2 Å². The third kappa shape index (κ3) is 12.2. The first kappa shape index (κ1) is 14.2. The van der Waals surface area contributed by atoms with Crippen molar-refractivity contribution in [2.45, 2.75) is 64.2 Å². The molecule has 1 nitrogen and oxygen atoms in total. The summed E-state index contributed by atoms with van der Waals surface area (Å²) in [6, 6.07) is 0. The molecule has 0 aliphatic heterocycles. The molecule has 0 saturated heterocycles. The molecule has 0 aliphatic carbocycles. The second kappa shape index (κ2) is 13.2. The molecule has 2 heteroatoms. The maximum atomic E-state index is 5.60. The monoisotopic (exact) mass is 219 g/mol. The molecule has 2 N–H and O–H groups in total. The Bertz CT molecular complexity index is 84.3. The van der Waals surface area contributed by atoms with E-state index in [1.807, 2.05) is 0 Å². The largest absolute Gasteiger partial charge is 0.330 e. The molecule has 0 aromatic heterocycles. The van der Waals surface area contributed by atoms with Crippen LogP contribution in [-0.4, -0.2) is 12.4 Å². The second-order valence-electron chi connectivity index (χ2n) is 4.01. The first-order valence-corrected chi connectivity index (χ1v) is 6.71. The van der Waals surface area contributed by atoms with Crippen LogP contribution in [0.2, 0.25) is 0 Å². The summed E-state index contributed by atoms with van der Waals surface area (Å²) in [5.41, 5.74) is 5.43. The highest BCUT2D eigenvalue weighted by atomic mass is 35.5. The lowest BCUT2D eigenvalue weighted by molar-refractivity contribution is 0.558. The Kier molecular flexibility index (Phi) is 13.5. The van der Waals surface area contributed by atoms with Crippen LogP contribution >= 0.6 is 11.6 Å². The van der Waals surface area contributed by atoms with Gasteiger partial charge in [-0.15, -0.1) is 11.6 Å². The summed E-state index contributed by atoms with van der Waals surface area (Å²) >= 11 is 5.60. The molecule has 0 amide bonds. The fourth-order valence-corrected chi connectivity index (χ4v) is 1.84. The van der Waals surface area contributed by atoms with Crippen LogP contribution in [0.25, 0.3) is 0 Å². The van der Waals surface area contributed by atoms with Crippen LogP contribution in [-0.2, 0) is 0 Å². The number of nitrogens with two attached hydrogens (primary N) is 1. The molecule has 0 saturated carbocycles. The third-order valence-electron chi connectivity index (χ3n) is 2.59. The van der Waals surface area contributed by atoms with E-state index in [4.69, 9.17) is 17.3 Å². The summed E-state index contributed by atoms with van der Waals surface area (Å²) in [5, 5.41) is 0. The predicted octanol–water partition coefficient (Wildman–Crippen LogP) is 4.08. The number of halogens is 1. The highest BCUT2D eigenvalue weighted by Crippen LogP contribution is 2.10. The Morgan fingerprint density at radius 2 is 0.929 bits per heavy atom. The van der Waals surface area contributed by atoms with Gasteiger partial charge in [0.1, 0.15) is 0 Å². The lowest BCUT2D eigenvalue weighted by atomic mass is 10.1. The molecule has 0 rings (SSSR count). The van der Waals surface area contributed by atoms with Crippen LogP contribution in [0.3, 0.4) is 0 Å². The third-order valence-corrected chi connectivity index (χ3v) is 2.86. The van der Waals surface area contributed by atoms with E-state index in [2.05, 4.69) is 0 Å². The summed E-state index contributed by atoms with van der Waals surface area (Å²) in [4.78, 5) is 0. The van der Waals surface area contributed by atoms with E-state index >= 15 is 0 Å². The smallest absolute Gasteiger partial charge is 0.0223 e. The van der Waals surface area contributed by atoms with E-state index < -0.39 is 0 Å².